The average molecular weight is 413 g/mol. The quantitative estimate of drug-likeness (QED) is 0.388. The molecule has 1 aliphatic heterocycles. The molecule has 0 saturated heterocycles. The SMILES string of the molecule is C[C@@H](OC(=O)CCNc1ccccc1[N+](=O)[O-])C(=O)N[C@H]1CCOc2ccccc21. The van der Waals surface area contributed by atoms with E-state index in [1.165, 1.54) is 13.0 Å². The van der Waals surface area contributed by atoms with E-state index in [9.17, 15) is 19.7 Å². The van der Waals surface area contributed by atoms with Crippen molar-refractivity contribution in [2.24, 2.45) is 0 Å². The number of fused-ring (bicyclic) bond motifs is 1. The van der Waals surface area contributed by atoms with Gasteiger partial charge in [0, 0.05) is 24.6 Å². The number of anilines is 1. The molecule has 0 saturated carbocycles. The van der Waals surface area contributed by atoms with Crippen LogP contribution in [-0.2, 0) is 14.3 Å². The van der Waals surface area contributed by atoms with Gasteiger partial charge in [0.05, 0.1) is 24.0 Å². The van der Waals surface area contributed by atoms with Gasteiger partial charge in [-0.1, -0.05) is 30.3 Å². The molecule has 0 bridgehead atoms. The Morgan fingerprint density at radius 1 is 1.23 bits per heavy atom. The molecule has 2 aromatic rings. The zero-order valence-electron chi connectivity index (χ0n) is 16.5. The van der Waals surface area contributed by atoms with Crippen LogP contribution in [0.15, 0.2) is 48.5 Å². The van der Waals surface area contributed by atoms with Crippen molar-refractivity contribution in [3.05, 3.63) is 64.2 Å². The van der Waals surface area contributed by atoms with Crippen LogP contribution in [-0.4, -0.2) is 36.1 Å². The molecule has 0 radical (unpaired) electrons. The Labute approximate surface area is 173 Å². The van der Waals surface area contributed by atoms with Crippen LogP contribution in [0, 0.1) is 10.1 Å². The number of benzene rings is 2. The van der Waals surface area contributed by atoms with E-state index in [1.54, 1.807) is 18.2 Å². The third kappa shape index (κ3) is 5.25. The van der Waals surface area contributed by atoms with Crippen molar-refractivity contribution >= 4 is 23.3 Å². The molecular weight excluding hydrogens is 390 g/mol. The largest absolute Gasteiger partial charge is 0.493 e. The summed E-state index contributed by atoms with van der Waals surface area (Å²) < 4.78 is 10.8. The van der Waals surface area contributed by atoms with Crippen molar-refractivity contribution in [2.75, 3.05) is 18.5 Å². The maximum Gasteiger partial charge on any atom is 0.308 e. The summed E-state index contributed by atoms with van der Waals surface area (Å²) in [6, 6.07) is 13.4. The fourth-order valence-corrected chi connectivity index (χ4v) is 3.17. The first-order valence-electron chi connectivity index (χ1n) is 9.64. The van der Waals surface area contributed by atoms with Crippen molar-refractivity contribution < 1.29 is 24.0 Å². The van der Waals surface area contributed by atoms with E-state index in [1.807, 2.05) is 24.3 Å². The Balaban J connectivity index is 1.47. The minimum absolute atomic E-state index is 0.0379. The number of hydrogen-bond acceptors (Lipinski definition) is 7. The van der Waals surface area contributed by atoms with Crippen LogP contribution in [0.25, 0.3) is 0 Å². The molecule has 1 aliphatic rings. The summed E-state index contributed by atoms with van der Waals surface area (Å²) in [5, 5.41) is 16.7. The van der Waals surface area contributed by atoms with Crippen LogP contribution < -0.4 is 15.4 Å². The third-order valence-corrected chi connectivity index (χ3v) is 4.70. The lowest BCUT2D eigenvalue weighted by Gasteiger charge is -2.27. The highest BCUT2D eigenvalue weighted by molar-refractivity contribution is 5.84. The normalized spacial score (nSPS) is 15.8. The van der Waals surface area contributed by atoms with Gasteiger partial charge in [0.25, 0.3) is 11.6 Å². The predicted molar refractivity (Wildman–Crippen MR) is 109 cm³/mol. The van der Waals surface area contributed by atoms with Crippen LogP contribution in [0.1, 0.15) is 31.4 Å². The van der Waals surface area contributed by atoms with Crippen molar-refractivity contribution in [2.45, 2.75) is 31.9 Å². The van der Waals surface area contributed by atoms with Gasteiger partial charge in [-0.25, -0.2) is 0 Å². The first kappa shape index (κ1) is 21.1. The van der Waals surface area contributed by atoms with Gasteiger partial charge in [0.2, 0.25) is 0 Å². The standard InChI is InChI=1S/C21H23N3O6/c1-14(21(26)23-16-11-13-29-19-9-5-2-6-15(16)19)30-20(25)10-12-22-17-7-3-4-8-18(17)24(27)28/h2-9,14,16,22H,10-13H2,1H3,(H,23,26)/t14-,16+/m1/s1. The smallest absolute Gasteiger partial charge is 0.308 e. The molecule has 0 unspecified atom stereocenters. The first-order valence-corrected chi connectivity index (χ1v) is 9.64. The molecule has 2 atom stereocenters. The minimum atomic E-state index is -0.960. The summed E-state index contributed by atoms with van der Waals surface area (Å²) in [6.07, 6.45) is -0.369. The molecule has 2 N–H and O–H groups in total. The summed E-state index contributed by atoms with van der Waals surface area (Å²) in [7, 11) is 0. The lowest BCUT2D eigenvalue weighted by atomic mass is 10.0. The Kier molecular flexibility index (Phi) is 6.84. The van der Waals surface area contributed by atoms with Gasteiger partial charge in [-0.05, 0) is 19.1 Å². The van der Waals surface area contributed by atoms with Crippen LogP contribution in [0.5, 0.6) is 5.75 Å². The van der Waals surface area contributed by atoms with Crippen LogP contribution >= 0.6 is 0 Å². The lowest BCUT2D eigenvalue weighted by molar-refractivity contribution is -0.384. The van der Waals surface area contributed by atoms with Crippen molar-refractivity contribution in [1.29, 1.82) is 0 Å². The van der Waals surface area contributed by atoms with Gasteiger partial charge in [-0.2, -0.15) is 0 Å². The summed E-state index contributed by atoms with van der Waals surface area (Å²) in [5.41, 5.74) is 1.14. The molecule has 9 heteroatoms. The molecule has 158 valence electrons. The van der Waals surface area contributed by atoms with Gasteiger partial charge in [0.1, 0.15) is 11.4 Å². The molecule has 30 heavy (non-hydrogen) atoms. The number of nitrogens with one attached hydrogen (secondary N) is 2. The molecule has 2 aromatic carbocycles. The number of esters is 1. The number of nitro groups is 1. The second kappa shape index (κ2) is 9.73. The van der Waals surface area contributed by atoms with E-state index < -0.39 is 22.9 Å². The van der Waals surface area contributed by atoms with E-state index in [-0.39, 0.29) is 24.7 Å². The zero-order valence-corrected chi connectivity index (χ0v) is 16.5. The van der Waals surface area contributed by atoms with Crippen molar-refractivity contribution in [1.82, 2.24) is 5.32 Å². The Morgan fingerprint density at radius 2 is 1.97 bits per heavy atom. The number of hydrogen-bond donors (Lipinski definition) is 2. The number of para-hydroxylation sites is 3. The fraction of sp³-hybridized carbons (Fsp3) is 0.333. The lowest BCUT2D eigenvalue weighted by Crippen LogP contribution is -2.39. The van der Waals surface area contributed by atoms with E-state index in [2.05, 4.69) is 10.6 Å². The summed E-state index contributed by atoms with van der Waals surface area (Å²) >= 11 is 0. The van der Waals surface area contributed by atoms with Crippen LogP contribution in [0.2, 0.25) is 0 Å². The number of ether oxygens (including phenoxy) is 2. The average Bonchev–Trinajstić information content (AvgIpc) is 2.74. The minimum Gasteiger partial charge on any atom is -0.493 e. The topological polar surface area (TPSA) is 120 Å². The molecule has 0 aliphatic carbocycles. The number of amides is 1. The zero-order chi connectivity index (χ0) is 21.5. The molecule has 0 aromatic heterocycles. The Bertz CT molecular complexity index is 932. The second-order valence-electron chi connectivity index (χ2n) is 6.82. The molecule has 1 heterocycles. The molecule has 0 spiro atoms. The highest BCUT2D eigenvalue weighted by atomic mass is 16.6. The number of carbonyl (C=O) groups excluding carboxylic acids is 2. The van der Waals surface area contributed by atoms with E-state index in [0.29, 0.717) is 18.7 Å². The van der Waals surface area contributed by atoms with Gasteiger partial charge >= 0.3 is 5.97 Å². The fourth-order valence-electron chi connectivity index (χ4n) is 3.17. The molecule has 1 amide bonds. The molecule has 0 fully saturated rings. The Morgan fingerprint density at radius 3 is 2.77 bits per heavy atom. The van der Waals surface area contributed by atoms with Gasteiger partial charge < -0.3 is 20.1 Å². The maximum absolute atomic E-state index is 12.5. The summed E-state index contributed by atoms with van der Waals surface area (Å²) in [4.78, 5) is 35.0. The Hall–Kier alpha value is -3.62. The molecular formula is C21H23N3O6. The number of rotatable bonds is 8. The van der Waals surface area contributed by atoms with E-state index >= 15 is 0 Å². The van der Waals surface area contributed by atoms with Crippen molar-refractivity contribution in [3.8, 4) is 5.75 Å². The molecule has 3 rings (SSSR count). The van der Waals surface area contributed by atoms with Crippen LogP contribution in [0.4, 0.5) is 11.4 Å². The summed E-state index contributed by atoms with van der Waals surface area (Å²) in [6.45, 7) is 2.15. The number of nitrogens with zero attached hydrogens (tertiary/aromatic N) is 1. The van der Waals surface area contributed by atoms with Crippen molar-refractivity contribution in [3.63, 3.8) is 0 Å². The first-order chi connectivity index (χ1) is 14.5. The third-order valence-electron chi connectivity index (χ3n) is 4.70. The monoisotopic (exact) mass is 413 g/mol. The van der Waals surface area contributed by atoms with Gasteiger partial charge in [-0.3, -0.25) is 19.7 Å². The summed E-state index contributed by atoms with van der Waals surface area (Å²) in [5.74, 6) is -0.229. The second-order valence-corrected chi connectivity index (χ2v) is 6.82. The molecule has 9 nitrogen and oxygen atoms in total. The number of nitro benzene ring substituents is 1. The van der Waals surface area contributed by atoms with Gasteiger partial charge in [-0.15, -0.1) is 0 Å². The van der Waals surface area contributed by atoms with E-state index in [4.69, 9.17) is 9.47 Å². The van der Waals surface area contributed by atoms with Gasteiger partial charge in [0.15, 0.2) is 6.10 Å². The number of carbonyl (C=O) groups is 2. The predicted octanol–water partition coefficient (Wildman–Crippen LogP) is 2.97. The highest BCUT2D eigenvalue weighted by Crippen LogP contribution is 2.31. The van der Waals surface area contributed by atoms with Crippen LogP contribution in [0.3, 0.4) is 0 Å². The van der Waals surface area contributed by atoms with E-state index in [0.717, 1.165) is 11.3 Å². The highest BCUT2D eigenvalue weighted by Gasteiger charge is 2.26. The maximum atomic E-state index is 12.5.